The van der Waals surface area contributed by atoms with Gasteiger partial charge in [-0.3, -0.25) is 9.48 Å². The summed E-state index contributed by atoms with van der Waals surface area (Å²) in [4.78, 5) is 16.3. The largest absolute Gasteiger partial charge is 0.332 e. The monoisotopic (exact) mass is 336 g/mol. The van der Waals surface area contributed by atoms with E-state index in [2.05, 4.69) is 15.3 Å². The third-order valence-electron chi connectivity index (χ3n) is 4.54. The number of benzene rings is 1. The third-order valence-corrected chi connectivity index (χ3v) is 4.54. The van der Waals surface area contributed by atoms with E-state index in [1.165, 1.54) is 4.80 Å². The van der Waals surface area contributed by atoms with Crippen LogP contribution in [0.3, 0.4) is 0 Å². The summed E-state index contributed by atoms with van der Waals surface area (Å²) in [7, 11) is 0. The van der Waals surface area contributed by atoms with Crippen LogP contribution in [0.15, 0.2) is 48.9 Å². The molecule has 4 rings (SSSR count). The molecule has 0 unspecified atom stereocenters. The van der Waals surface area contributed by atoms with Crippen LogP contribution in [-0.4, -0.2) is 48.2 Å². The Kier molecular flexibility index (Phi) is 4.05. The molecule has 7 heteroatoms. The molecule has 0 aliphatic carbocycles. The average molecular weight is 336 g/mol. The van der Waals surface area contributed by atoms with Crippen molar-refractivity contribution in [3.63, 3.8) is 0 Å². The highest BCUT2D eigenvalue weighted by Gasteiger charge is 2.31. The first-order chi connectivity index (χ1) is 12.2. The van der Waals surface area contributed by atoms with Crippen LogP contribution in [0.1, 0.15) is 28.9 Å². The molecule has 0 bridgehead atoms. The summed E-state index contributed by atoms with van der Waals surface area (Å²) in [5, 5.41) is 12.9. The second kappa shape index (κ2) is 6.51. The van der Waals surface area contributed by atoms with E-state index in [1.54, 1.807) is 12.4 Å². The number of amides is 1. The first kappa shape index (κ1) is 15.6. The average Bonchev–Trinajstić information content (AvgIpc) is 3.36. The summed E-state index contributed by atoms with van der Waals surface area (Å²) < 4.78 is 1.87. The smallest absolute Gasteiger partial charge is 0.276 e. The van der Waals surface area contributed by atoms with Gasteiger partial charge in [0, 0.05) is 18.9 Å². The van der Waals surface area contributed by atoms with Crippen LogP contribution in [0.25, 0.3) is 5.69 Å². The Morgan fingerprint density at radius 2 is 2.20 bits per heavy atom. The molecule has 1 aliphatic rings. The van der Waals surface area contributed by atoms with Gasteiger partial charge in [-0.25, -0.2) is 0 Å². The molecule has 1 atom stereocenters. The Hall–Kier alpha value is -2.96. The molecule has 1 saturated heterocycles. The lowest BCUT2D eigenvalue weighted by molar-refractivity contribution is 0.0715. The van der Waals surface area contributed by atoms with Crippen LogP contribution >= 0.6 is 0 Å². The van der Waals surface area contributed by atoms with Crippen LogP contribution in [0.4, 0.5) is 0 Å². The van der Waals surface area contributed by atoms with E-state index < -0.39 is 0 Å². The second-order valence-electron chi connectivity index (χ2n) is 6.38. The maximum Gasteiger partial charge on any atom is 0.276 e. The number of aryl methyl sites for hydroxylation is 1. The van der Waals surface area contributed by atoms with E-state index >= 15 is 0 Å². The molecule has 0 spiro atoms. The van der Waals surface area contributed by atoms with Gasteiger partial charge < -0.3 is 4.90 Å². The van der Waals surface area contributed by atoms with E-state index in [4.69, 9.17) is 0 Å². The highest BCUT2D eigenvalue weighted by atomic mass is 16.2. The minimum absolute atomic E-state index is 0.0615. The fourth-order valence-electron chi connectivity index (χ4n) is 3.30. The summed E-state index contributed by atoms with van der Waals surface area (Å²) in [5.74, 6) is -0.0615. The van der Waals surface area contributed by atoms with Crippen molar-refractivity contribution < 1.29 is 4.79 Å². The molecule has 1 amide bonds. The van der Waals surface area contributed by atoms with Gasteiger partial charge in [0.1, 0.15) is 0 Å². The summed E-state index contributed by atoms with van der Waals surface area (Å²) in [6.45, 7) is 3.48. The van der Waals surface area contributed by atoms with E-state index in [-0.39, 0.29) is 11.9 Å². The number of likely N-dealkylation sites (tertiary alicyclic amines) is 1. The molecule has 25 heavy (non-hydrogen) atoms. The fraction of sp³-hybridized carbons (Fsp3) is 0.333. The van der Waals surface area contributed by atoms with Gasteiger partial charge in [-0.15, -0.1) is 5.10 Å². The van der Waals surface area contributed by atoms with E-state index in [0.29, 0.717) is 12.2 Å². The maximum absolute atomic E-state index is 12.9. The number of carbonyl (C=O) groups is 1. The third kappa shape index (κ3) is 3.17. The van der Waals surface area contributed by atoms with Crippen molar-refractivity contribution >= 4 is 5.91 Å². The first-order valence-corrected chi connectivity index (χ1v) is 8.48. The SMILES string of the molecule is Cc1cccc(-n2ncc(C(=O)N3CCC[C@H]3Cn3cccn3)n2)c1. The molecule has 3 heterocycles. The molecule has 0 N–H and O–H groups in total. The number of hydrogen-bond donors (Lipinski definition) is 0. The zero-order valence-corrected chi connectivity index (χ0v) is 14.1. The second-order valence-corrected chi connectivity index (χ2v) is 6.38. The van der Waals surface area contributed by atoms with Crippen LogP contribution < -0.4 is 0 Å². The Balaban J connectivity index is 1.52. The number of aromatic nitrogens is 5. The number of nitrogens with zero attached hydrogens (tertiary/aromatic N) is 6. The molecule has 7 nitrogen and oxygen atoms in total. The number of carbonyl (C=O) groups excluding carboxylic acids is 1. The first-order valence-electron chi connectivity index (χ1n) is 8.48. The Bertz CT molecular complexity index is 869. The Labute approximate surface area is 145 Å². The zero-order chi connectivity index (χ0) is 17.2. The van der Waals surface area contributed by atoms with Gasteiger partial charge in [0.25, 0.3) is 5.91 Å². The van der Waals surface area contributed by atoms with Gasteiger partial charge in [-0.1, -0.05) is 12.1 Å². The highest BCUT2D eigenvalue weighted by Crippen LogP contribution is 2.21. The van der Waals surface area contributed by atoms with Crippen LogP contribution in [0, 0.1) is 6.92 Å². The van der Waals surface area contributed by atoms with Crippen molar-refractivity contribution in [2.45, 2.75) is 32.4 Å². The van der Waals surface area contributed by atoms with Crippen molar-refractivity contribution in [2.24, 2.45) is 0 Å². The molecular weight excluding hydrogens is 316 g/mol. The van der Waals surface area contributed by atoms with Gasteiger partial charge in [-0.05, 0) is 43.5 Å². The lowest BCUT2D eigenvalue weighted by atomic mass is 10.2. The van der Waals surface area contributed by atoms with Gasteiger partial charge in [0.2, 0.25) is 0 Å². The van der Waals surface area contributed by atoms with Crippen LogP contribution in [-0.2, 0) is 6.54 Å². The van der Waals surface area contributed by atoms with Gasteiger partial charge in [-0.2, -0.15) is 15.0 Å². The molecule has 1 aliphatic heterocycles. The molecule has 1 fully saturated rings. The lowest BCUT2D eigenvalue weighted by Gasteiger charge is -2.23. The van der Waals surface area contributed by atoms with Crippen molar-refractivity contribution in [3.05, 3.63) is 60.2 Å². The predicted octanol–water partition coefficient (Wildman–Crippen LogP) is 2.08. The van der Waals surface area contributed by atoms with E-state index in [0.717, 1.165) is 30.6 Å². The highest BCUT2D eigenvalue weighted by molar-refractivity contribution is 5.92. The predicted molar refractivity (Wildman–Crippen MR) is 92.4 cm³/mol. The van der Waals surface area contributed by atoms with Crippen molar-refractivity contribution in [3.8, 4) is 5.69 Å². The standard InChI is InChI=1S/C18H20N6O/c1-14-5-2-6-15(11-14)24-20-12-17(21-24)18(25)23-10-3-7-16(23)13-22-9-4-8-19-22/h2,4-6,8-9,11-12,16H,3,7,10,13H2,1H3/t16-/m0/s1. The fourth-order valence-corrected chi connectivity index (χ4v) is 3.30. The minimum Gasteiger partial charge on any atom is -0.332 e. The molecule has 0 saturated carbocycles. The van der Waals surface area contributed by atoms with Crippen molar-refractivity contribution in [2.75, 3.05) is 6.54 Å². The lowest BCUT2D eigenvalue weighted by Crippen LogP contribution is -2.38. The quantitative estimate of drug-likeness (QED) is 0.731. The zero-order valence-electron chi connectivity index (χ0n) is 14.1. The van der Waals surface area contributed by atoms with Crippen molar-refractivity contribution in [1.29, 1.82) is 0 Å². The molecule has 3 aromatic rings. The molecular formula is C18H20N6O. The maximum atomic E-state index is 12.9. The van der Waals surface area contributed by atoms with E-state index in [9.17, 15) is 4.79 Å². The topological polar surface area (TPSA) is 68.8 Å². The summed E-state index contributed by atoms with van der Waals surface area (Å²) in [5.41, 5.74) is 2.36. The molecule has 2 aromatic heterocycles. The summed E-state index contributed by atoms with van der Waals surface area (Å²) in [6.07, 6.45) is 7.22. The number of hydrogen-bond acceptors (Lipinski definition) is 4. The normalized spacial score (nSPS) is 17.2. The van der Waals surface area contributed by atoms with Crippen molar-refractivity contribution in [1.82, 2.24) is 29.7 Å². The Morgan fingerprint density at radius 3 is 3.00 bits per heavy atom. The Morgan fingerprint density at radius 1 is 1.28 bits per heavy atom. The van der Waals surface area contributed by atoms with Gasteiger partial charge in [0.15, 0.2) is 5.69 Å². The van der Waals surface area contributed by atoms with Gasteiger partial charge >= 0.3 is 0 Å². The van der Waals surface area contributed by atoms with Crippen LogP contribution in [0.5, 0.6) is 0 Å². The van der Waals surface area contributed by atoms with E-state index in [1.807, 2.05) is 53.0 Å². The molecule has 1 aromatic carbocycles. The van der Waals surface area contributed by atoms with Gasteiger partial charge in [0.05, 0.1) is 24.5 Å². The summed E-state index contributed by atoms with van der Waals surface area (Å²) in [6, 6.07) is 9.94. The molecule has 0 radical (unpaired) electrons. The van der Waals surface area contributed by atoms with Crippen LogP contribution in [0.2, 0.25) is 0 Å². The minimum atomic E-state index is -0.0615. The molecule has 128 valence electrons. The summed E-state index contributed by atoms with van der Waals surface area (Å²) >= 11 is 0. The number of rotatable bonds is 4.